The molecule has 1 amide bonds. The number of nitrogen functional groups attached to an aromatic ring is 1. The fraction of sp³-hybridized carbons (Fsp3) is 0.500. The van der Waals surface area contributed by atoms with Gasteiger partial charge < -0.3 is 10.6 Å². The molecule has 1 atom stereocenters. The average Bonchev–Trinajstić information content (AvgIpc) is 2.71. The van der Waals surface area contributed by atoms with Crippen LogP contribution in [0.3, 0.4) is 0 Å². The van der Waals surface area contributed by atoms with E-state index in [4.69, 9.17) is 5.73 Å². The Morgan fingerprint density at radius 3 is 3.00 bits per heavy atom. The van der Waals surface area contributed by atoms with Crippen LogP contribution in [0.1, 0.15) is 36.9 Å². The Balaban J connectivity index is 2.29. The molecule has 0 radical (unpaired) electrons. The van der Waals surface area contributed by atoms with Gasteiger partial charge in [-0.1, -0.05) is 0 Å². The van der Waals surface area contributed by atoms with E-state index < -0.39 is 0 Å². The van der Waals surface area contributed by atoms with Crippen LogP contribution in [0, 0.1) is 6.92 Å². The number of anilines is 1. The molecule has 1 aliphatic heterocycles. The van der Waals surface area contributed by atoms with Crippen molar-refractivity contribution in [3.63, 3.8) is 0 Å². The molecule has 2 heterocycles. The molecule has 0 aliphatic carbocycles. The molecular weight excluding hydrogens is 202 g/mol. The maximum Gasteiger partial charge on any atom is 0.219 e. The third-order valence-corrected chi connectivity index (χ3v) is 3.18. The number of rotatable bonds is 1. The summed E-state index contributed by atoms with van der Waals surface area (Å²) in [5.74, 6) is 0.702. The minimum absolute atomic E-state index is 0.136. The first-order valence-electron chi connectivity index (χ1n) is 5.59. The molecule has 0 aromatic carbocycles. The molecule has 86 valence electrons. The van der Waals surface area contributed by atoms with Crippen molar-refractivity contribution in [1.29, 1.82) is 0 Å². The van der Waals surface area contributed by atoms with E-state index in [0.717, 1.165) is 30.5 Å². The fourth-order valence-electron chi connectivity index (χ4n) is 2.28. The normalized spacial score (nSPS) is 20.1. The monoisotopic (exact) mass is 219 g/mol. The number of nitrogens with two attached hydrogens (primary N) is 1. The van der Waals surface area contributed by atoms with Gasteiger partial charge in [0.1, 0.15) is 5.82 Å². The molecule has 0 bridgehead atoms. The highest BCUT2D eigenvalue weighted by Crippen LogP contribution is 2.32. The summed E-state index contributed by atoms with van der Waals surface area (Å²) in [6.45, 7) is 4.41. The van der Waals surface area contributed by atoms with E-state index in [9.17, 15) is 4.79 Å². The molecule has 2 rings (SSSR count). The minimum atomic E-state index is 0.136. The standard InChI is InChI=1S/C12H17N3O/c1-8-6-10(7-14-12(8)13)11-4-3-5-15(11)9(2)16/h6-7,11H,3-5H2,1-2H3,(H2,13,14). The van der Waals surface area contributed by atoms with Gasteiger partial charge in [0, 0.05) is 19.7 Å². The van der Waals surface area contributed by atoms with Crippen molar-refractivity contribution in [2.45, 2.75) is 32.7 Å². The van der Waals surface area contributed by atoms with Crippen molar-refractivity contribution in [1.82, 2.24) is 9.88 Å². The summed E-state index contributed by atoms with van der Waals surface area (Å²) < 4.78 is 0. The third-order valence-electron chi connectivity index (χ3n) is 3.18. The van der Waals surface area contributed by atoms with Crippen molar-refractivity contribution < 1.29 is 4.79 Å². The largest absolute Gasteiger partial charge is 0.383 e. The van der Waals surface area contributed by atoms with Crippen LogP contribution in [-0.4, -0.2) is 22.3 Å². The Labute approximate surface area is 95.5 Å². The van der Waals surface area contributed by atoms with Crippen LogP contribution in [0.5, 0.6) is 0 Å². The van der Waals surface area contributed by atoms with Gasteiger partial charge in [0.25, 0.3) is 0 Å². The average molecular weight is 219 g/mol. The number of aryl methyl sites for hydroxylation is 1. The van der Waals surface area contributed by atoms with Gasteiger partial charge in [-0.25, -0.2) is 4.98 Å². The number of aromatic nitrogens is 1. The number of pyridine rings is 1. The van der Waals surface area contributed by atoms with Gasteiger partial charge in [-0.15, -0.1) is 0 Å². The number of hydrogen-bond donors (Lipinski definition) is 1. The first kappa shape index (κ1) is 10.9. The smallest absolute Gasteiger partial charge is 0.219 e. The summed E-state index contributed by atoms with van der Waals surface area (Å²) in [6.07, 6.45) is 3.87. The number of likely N-dealkylation sites (tertiary alicyclic amines) is 1. The highest BCUT2D eigenvalue weighted by molar-refractivity contribution is 5.74. The van der Waals surface area contributed by atoms with Crippen LogP contribution in [0.4, 0.5) is 5.82 Å². The summed E-state index contributed by atoms with van der Waals surface area (Å²) in [5, 5.41) is 0. The number of hydrogen-bond acceptors (Lipinski definition) is 3. The molecule has 1 aromatic heterocycles. The van der Waals surface area contributed by atoms with Gasteiger partial charge in [-0.3, -0.25) is 4.79 Å². The molecule has 0 spiro atoms. The second-order valence-electron chi connectivity index (χ2n) is 4.34. The van der Waals surface area contributed by atoms with Gasteiger partial charge in [0.05, 0.1) is 6.04 Å². The van der Waals surface area contributed by atoms with Crippen molar-refractivity contribution >= 4 is 11.7 Å². The number of nitrogens with zero attached hydrogens (tertiary/aromatic N) is 2. The quantitative estimate of drug-likeness (QED) is 0.781. The zero-order valence-electron chi connectivity index (χ0n) is 9.73. The molecule has 1 aromatic rings. The Bertz CT molecular complexity index is 417. The van der Waals surface area contributed by atoms with Crippen LogP contribution < -0.4 is 5.73 Å². The van der Waals surface area contributed by atoms with E-state index in [1.807, 2.05) is 17.9 Å². The second-order valence-corrected chi connectivity index (χ2v) is 4.34. The van der Waals surface area contributed by atoms with Gasteiger partial charge >= 0.3 is 0 Å². The summed E-state index contributed by atoms with van der Waals surface area (Å²) in [4.78, 5) is 17.5. The summed E-state index contributed by atoms with van der Waals surface area (Å²) >= 11 is 0. The Morgan fingerprint density at radius 1 is 1.62 bits per heavy atom. The lowest BCUT2D eigenvalue weighted by molar-refractivity contribution is -0.129. The van der Waals surface area contributed by atoms with E-state index in [2.05, 4.69) is 4.98 Å². The number of amides is 1. The van der Waals surface area contributed by atoms with Crippen molar-refractivity contribution in [2.24, 2.45) is 0 Å². The van der Waals surface area contributed by atoms with Crippen molar-refractivity contribution in [3.8, 4) is 0 Å². The lowest BCUT2D eigenvalue weighted by atomic mass is 10.0. The molecule has 0 saturated carbocycles. The highest BCUT2D eigenvalue weighted by Gasteiger charge is 2.28. The second kappa shape index (κ2) is 4.12. The van der Waals surface area contributed by atoms with Crippen LogP contribution in [0.2, 0.25) is 0 Å². The Morgan fingerprint density at radius 2 is 2.38 bits per heavy atom. The SMILES string of the molecule is CC(=O)N1CCCC1c1cnc(N)c(C)c1. The van der Waals surface area contributed by atoms with E-state index >= 15 is 0 Å². The third kappa shape index (κ3) is 1.87. The van der Waals surface area contributed by atoms with E-state index in [0.29, 0.717) is 5.82 Å². The summed E-state index contributed by atoms with van der Waals surface area (Å²) in [6, 6.07) is 2.22. The molecule has 16 heavy (non-hydrogen) atoms. The fourth-order valence-corrected chi connectivity index (χ4v) is 2.28. The first-order chi connectivity index (χ1) is 7.59. The molecule has 4 nitrogen and oxygen atoms in total. The topological polar surface area (TPSA) is 59.2 Å². The molecule has 4 heteroatoms. The van der Waals surface area contributed by atoms with Gasteiger partial charge in [0.15, 0.2) is 0 Å². The summed E-state index contributed by atoms with van der Waals surface area (Å²) in [7, 11) is 0. The van der Waals surface area contributed by atoms with Gasteiger partial charge in [-0.2, -0.15) is 0 Å². The van der Waals surface area contributed by atoms with Crippen molar-refractivity contribution in [2.75, 3.05) is 12.3 Å². The molecule has 1 aliphatic rings. The zero-order chi connectivity index (χ0) is 11.7. The van der Waals surface area contributed by atoms with Gasteiger partial charge in [-0.05, 0) is 37.0 Å². The molecule has 2 N–H and O–H groups in total. The number of carbonyl (C=O) groups is 1. The predicted molar refractivity (Wildman–Crippen MR) is 62.7 cm³/mol. The van der Waals surface area contributed by atoms with Crippen molar-refractivity contribution in [3.05, 3.63) is 23.4 Å². The maximum atomic E-state index is 11.5. The van der Waals surface area contributed by atoms with Crippen LogP contribution in [0.15, 0.2) is 12.3 Å². The van der Waals surface area contributed by atoms with E-state index in [1.165, 1.54) is 0 Å². The minimum Gasteiger partial charge on any atom is -0.383 e. The van der Waals surface area contributed by atoms with E-state index in [-0.39, 0.29) is 11.9 Å². The maximum absolute atomic E-state index is 11.5. The zero-order valence-corrected chi connectivity index (χ0v) is 9.73. The molecule has 1 fully saturated rings. The molecular formula is C12H17N3O. The lowest BCUT2D eigenvalue weighted by Crippen LogP contribution is -2.28. The molecule has 1 unspecified atom stereocenters. The molecule has 1 saturated heterocycles. The summed E-state index contributed by atoms with van der Waals surface area (Å²) in [5.41, 5.74) is 7.77. The van der Waals surface area contributed by atoms with Crippen LogP contribution in [0.25, 0.3) is 0 Å². The van der Waals surface area contributed by atoms with Crippen LogP contribution in [-0.2, 0) is 4.79 Å². The van der Waals surface area contributed by atoms with Gasteiger partial charge in [0.2, 0.25) is 5.91 Å². The Kier molecular flexibility index (Phi) is 2.81. The number of carbonyl (C=O) groups excluding carboxylic acids is 1. The van der Waals surface area contributed by atoms with Crippen LogP contribution >= 0.6 is 0 Å². The Hall–Kier alpha value is -1.58. The van der Waals surface area contributed by atoms with E-state index in [1.54, 1.807) is 13.1 Å². The first-order valence-corrected chi connectivity index (χ1v) is 5.59. The highest BCUT2D eigenvalue weighted by atomic mass is 16.2. The lowest BCUT2D eigenvalue weighted by Gasteiger charge is -2.23. The predicted octanol–water partition coefficient (Wildman–Crippen LogP) is 1.66.